The summed E-state index contributed by atoms with van der Waals surface area (Å²) in [6.07, 6.45) is 3.27. The van der Waals surface area contributed by atoms with E-state index in [0.717, 1.165) is 17.2 Å². The van der Waals surface area contributed by atoms with E-state index in [1.54, 1.807) is 6.20 Å². The molecule has 0 aliphatic carbocycles. The molecule has 0 unspecified atom stereocenters. The Morgan fingerprint density at radius 1 is 1.35 bits per heavy atom. The summed E-state index contributed by atoms with van der Waals surface area (Å²) < 4.78 is 10.9. The van der Waals surface area contributed by atoms with Gasteiger partial charge in [0.2, 0.25) is 0 Å². The first-order valence-electron chi connectivity index (χ1n) is 5.62. The lowest BCUT2D eigenvalue weighted by molar-refractivity contribution is 0.243. The molecule has 0 aliphatic heterocycles. The molecule has 0 radical (unpaired) electrons. The maximum absolute atomic E-state index is 5.71. The number of ether oxygens (including phenoxy) is 1. The van der Waals surface area contributed by atoms with E-state index in [4.69, 9.17) is 9.15 Å². The van der Waals surface area contributed by atoms with Gasteiger partial charge in [-0.3, -0.25) is 0 Å². The summed E-state index contributed by atoms with van der Waals surface area (Å²) in [7, 11) is 0. The zero-order valence-corrected chi connectivity index (χ0v) is 10.0. The van der Waals surface area contributed by atoms with Crippen LogP contribution in [0.25, 0.3) is 0 Å². The number of nitrogens with one attached hydrogen (secondary N) is 1. The van der Waals surface area contributed by atoms with Gasteiger partial charge in [-0.1, -0.05) is 12.1 Å². The van der Waals surface area contributed by atoms with Crippen LogP contribution in [0.5, 0.6) is 5.75 Å². The maximum atomic E-state index is 5.71. The van der Waals surface area contributed by atoms with Gasteiger partial charge in [0.1, 0.15) is 11.5 Å². The second-order valence-electron chi connectivity index (χ2n) is 3.98. The molecule has 4 heteroatoms. The summed E-state index contributed by atoms with van der Waals surface area (Å²) >= 11 is 0. The predicted molar refractivity (Wildman–Crippen MR) is 66.0 cm³/mol. The quantitative estimate of drug-likeness (QED) is 0.860. The molecule has 1 N–H and O–H groups in total. The van der Waals surface area contributed by atoms with Gasteiger partial charge in [0.05, 0.1) is 24.5 Å². The summed E-state index contributed by atoms with van der Waals surface area (Å²) in [6, 6.07) is 7.85. The lowest BCUT2D eigenvalue weighted by Gasteiger charge is -2.14. The summed E-state index contributed by atoms with van der Waals surface area (Å²) in [5.41, 5.74) is 0.956. The first-order chi connectivity index (χ1) is 8.25. The molecule has 0 saturated carbocycles. The Morgan fingerprint density at radius 2 is 2.18 bits per heavy atom. The molecule has 1 aromatic carbocycles. The highest BCUT2D eigenvalue weighted by Crippen LogP contribution is 2.25. The Kier molecular flexibility index (Phi) is 3.65. The smallest absolute Gasteiger partial charge is 0.180 e. The molecule has 0 bridgehead atoms. The van der Waals surface area contributed by atoms with Crippen LogP contribution in [-0.4, -0.2) is 11.1 Å². The van der Waals surface area contributed by atoms with E-state index in [9.17, 15) is 0 Å². The van der Waals surface area contributed by atoms with Gasteiger partial charge in [-0.15, -0.1) is 0 Å². The third-order valence-electron chi connectivity index (χ3n) is 2.19. The Morgan fingerprint density at radius 3 is 2.88 bits per heavy atom. The highest BCUT2D eigenvalue weighted by molar-refractivity contribution is 5.56. The standard InChI is InChI=1S/C13H16N2O2/c1-10(2)17-13-6-4-3-5-12(13)15-8-11-7-14-9-16-11/h3-7,9-10,15H,8H2,1-2H3. The molecule has 4 nitrogen and oxygen atoms in total. The van der Waals surface area contributed by atoms with Crippen LogP contribution < -0.4 is 10.1 Å². The van der Waals surface area contributed by atoms with Crippen LogP contribution in [-0.2, 0) is 6.54 Å². The molecule has 0 aliphatic rings. The number of benzene rings is 1. The average Bonchev–Trinajstić information content (AvgIpc) is 2.80. The van der Waals surface area contributed by atoms with E-state index in [1.165, 1.54) is 6.39 Å². The van der Waals surface area contributed by atoms with Crippen molar-refractivity contribution in [1.29, 1.82) is 0 Å². The van der Waals surface area contributed by atoms with E-state index >= 15 is 0 Å². The monoisotopic (exact) mass is 232 g/mol. The van der Waals surface area contributed by atoms with Crippen LogP contribution in [0.2, 0.25) is 0 Å². The first kappa shape index (κ1) is 11.5. The number of aromatic nitrogens is 1. The SMILES string of the molecule is CC(C)Oc1ccccc1NCc1cnco1. The molecule has 0 atom stereocenters. The van der Waals surface area contributed by atoms with Gasteiger partial charge in [0.15, 0.2) is 6.39 Å². The minimum Gasteiger partial charge on any atom is -0.489 e. The number of hydrogen-bond acceptors (Lipinski definition) is 4. The first-order valence-corrected chi connectivity index (χ1v) is 5.62. The Hall–Kier alpha value is -1.97. The number of nitrogens with zero attached hydrogens (tertiary/aromatic N) is 1. The van der Waals surface area contributed by atoms with Crippen molar-refractivity contribution in [2.45, 2.75) is 26.5 Å². The Bertz CT molecular complexity index is 452. The van der Waals surface area contributed by atoms with Gasteiger partial charge >= 0.3 is 0 Å². The molecular weight excluding hydrogens is 216 g/mol. The van der Waals surface area contributed by atoms with Gasteiger partial charge in [0, 0.05) is 0 Å². The van der Waals surface area contributed by atoms with Crippen LogP contribution in [0.3, 0.4) is 0 Å². The molecule has 1 aromatic heterocycles. The molecule has 0 spiro atoms. The molecule has 0 amide bonds. The van der Waals surface area contributed by atoms with Crippen molar-refractivity contribution in [3.8, 4) is 5.75 Å². The van der Waals surface area contributed by atoms with Crippen LogP contribution in [0, 0.1) is 0 Å². The fourth-order valence-electron chi connectivity index (χ4n) is 1.48. The number of anilines is 1. The van der Waals surface area contributed by atoms with Gasteiger partial charge in [-0.05, 0) is 26.0 Å². The zero-order chi connectivity index (χ0) is 12.1. The number of hydrogen-bond donors (Lipinski definition) is 1. The number of oxazole rings is 1. The molecule has 17 heavy (non-hydrogen) atoms. The highest BCUT2D eigenvalue weighted by Gasteiger charge is 2.05. The number of rotatable bonds is 5. The Labute approximate surface area is 101 Å². The molecule has 0 fully saturated rings. The van der Waals surface area contributed by atoms with Crippen molar-refractivity contribution < 1.29 is 9.15 Å². The van der Waals surface area contributed by atoms with Gasteiger partial charge < -0.3 is 14.5 Å². The van der Waals surface area contributed by atoms with Crippen LogP contribution in [0.15, 0.2) is 41.3 Å². The van der Waals surface area contributed by atoms with Gasteiger partial charge in [-0.25, -0.2) is 4.98 Å². The van der Waals surface area contributed by atoms with Gasteiger partial charge in [-0.2, -0.15) is 0 Å². The van der Waals surface area contributed by atoms with Crippen LogP contribution >= 0.6 is 0 Å². The lowest BCUT2D eigenvalue weighted by atomic mass is 10.3. The fourth-order valence-corrected chi connectivity index (χ4v) is 1.48. The lowest BCUT2D eigenvalue weighted by Crippen LogP contribution is -2.08. The van der Waals surface area contributed by atoms with Crippen molar-refractivity contribution in [2.24, 2.45) is 0 Å². The summed E-state index contributed by atoms with van der Waals surface area (Å²) in [5, 5.41) is 3.26. The van der Waals surface area contributed by atoms with E-state index in [2.05, 4.69) is 10.3 Å². The molecule has 2 aromatic rings. The minimum atomic E-state index is 0.156. The second kappa shape index (κ2) is 5.39. The maximum Gasteiger partial charge on any atom is 0.180 e. The number of para-hydroxylation sites is 2. The van der Waals surface area contributed by atoms with Gasteiger partial charge in [0.25, 0.3) is 0 Å². The summed E-state index contributed by atoms with van der Waals surface area (Å²) in [4.78, 5) is 3.87. The topological polar surface area (TPSA) is 47.3 Å². The Balaban J connectivity index is 2.04. The van der Waals surface area contributed by atoms with E-state index < -0.39 is 0 Å². The second-order valence-corrected chi connectivity index (χ2v) is 3.98. The van der Waals surface area contributed by atoms with E-state index in [0.29, 0.717) is 6.54 Å². The van der Waals surface area contributed by atoms with Crippen molar-refractivity contribution >= 4 is 5.69 Å². The van der Waals surface area contributed by atoms with Crippen molar-refractivity contribution in [3.05, 3.63) is 42.6 Å². The minimum absolute atomic E-state index is 0.156. The predicted octanol–water partition coefficient (Wildman–Crippen LogP) is 3.07. The normalized spacial score (nSPS) is 10.5. The van der Waals surface area contributed by atoms with Crippen molar-refractivity contribution in [1.82, 2.24) is 4.98 Å². The largest absolute Gasteiger partial charge is 0.489 e. The van der Waals surface area contributed by atoms with E-state index in [-0.39, 0.29) is 6.10 Å². The van der Waals surface area contributed by atoms with Crippen LogP contribution in [0.4, 0.5) is 5.69 Å². The third-order valence-corrected chi connectivity index (χ3v) is 2.19. The molecule has 2 rings (SSSR count). The van der Waals surface area contributed by atoms with Crippen molar-refractivity contribution in [3.63, 3.8) is 0 Å². The zero-order valence-electron chi connectivity index (χ0n) is 10.0. The third kappa shape index (κ3) is 3.24. The average molecular weight is 232 g/mol. The molecule has 90 valence electrons. The molecule has 0 saturated heterocycles. The summed E-state index contributed by atoms with van der Waals surface area (Å²) in [6.45, 7) is 4.61. The van der Waals surface area contributed by atoms with E-state index in [1.807, 2.05) is 38.1 Å². The fraction of sp³-hybridized carbons (Fsp3) is 0.308. The summed E-state index contributed by atoms with van der Waals surface area (Å²) in [5.74, 6) is 1.64. The molecule has 1 heterocycles. The van der Waals surface area contributed by atoms with Crippen molar-refractivity contribution in [2.75, 3.05) is 5.32 Å². The van der Waals surface area contributed by atoms with Crippen LogP contribution in [0.1, 0.15) is 19.6 Å². The molecular formula is C13H16N2O2. The highest BCUT2D eigenvalue weighted by atomic mass is 16.5.